The smallest absolute Gasteiger partial charge is 0.243 e. The average Bonchev–Trinajstić information content (AvgIpc) is 2.35. The van der Waals surface area contributed by atoms with Gasteiger partial charge >= 0.3 is 0 Å². The summed E-state index contributed by atoms with van der Waals surface area (Å²) in [5.74, 6) is 0. The van der Waals surface area contributed by atoms with E-state index in [0.717, 1.165) is 11.1 Å². The molecule has 0 bridgehead atoms. The lowest BCUT2D eigenvalue weighted by Crippen LogP contribution is -2.33. The van der Waals surface area contributed by atoms with Gasteiger partial charge in [0.2, 0.25) is 10.0 Å². The van der Waals surface area contributed by atoms with E-state index >= 15 is 0 Å². The summed E-state index contributed by atoms with van der Waals surface area (Å²) in [4.78, 5) is 0.243. The van der Waals surface area contributed by atoms with Gasteiger partial charge in [0.15, 0.2) is 0 Å². The first-order valence-corrected chi connectivity index (χ1v) is 7.32. The van der Waals surface area contributed by atoms with Gasteiger partial charge in [0.25, 0.3) is 0 Å². The van der Waals surface area contributed by atoms with Crippen LogP contribution in [-0.4, -0.2) is 37.5 Å². The van der Waals surface area contributed by atoms with Gasteiger partial charge in [-0.25, -0.2) is 8.42 Å². The normalized spacial score (nSPS) is 12.1. The Bertz CT molecular complexity index is 500. The molecular weight excluding hydrogens is 252 g/mol. The molecule has 0 amide bonds. The van der Waals surface area contributed by atoms with Crippen LogP contribution in [0.4, 0.5) is 0 Å². The Morgan fingerprint density at radius 2 is 2.06 bits per heavy atom. The molecule has 18 heavy (non-hydrogen) atoms. The predicted octanol–water partition coefficient (Wildman–Crippen LogP) is 0.457. The third-order valence-corrected chi connectivity index (χ3v) is 4.84. The third-order valence-electron chi connectivity index (χ3n) is 2.87. The van der Waals surface area contributed by atoms with Crippen molar-refractivity contribution in [1.82, 2.24) is 4.31 Å². The minimum atomic E-state index is -3.53. The van der Waals surface area contributed by atoms with Crippen molar-refractivity contribution >= 4 is 10.0 Å². The molecule has 0 aliphatic carbocycles. The fraction of sp³-hybridized carbons (Fsp3) is 0.500. The highest BCUT2D eigenvalue weighted by atomic mass is 32.2. The SMILES string of the molecule is CCN(CCO)S(=O)(=O)c1ccc(CN)c(C)c1. The summed E-state index contributed by atoms with van der Waals surface area (Å²) < 4.78 is 25.8. The van der Waals surface area contributed by atoms with Crippen molar-refractivity contribution in [2.45, 2.75) is 25.3 Å². The molecule has 0 fully saturated rings. The second-order valence-corrected chi connectivity index (χ2v) is 5.95. The van der Waals surface area contributed by atoms with E-state index in [0.29, 0.717) is 13.1 Å². The minimum absolute atomic E-state index is 0.108. The molecule has 1 aromatic carbocycles. The van der Waals surface area contributed by atoms with Crippen LogP contribution in [0.2, 0.25) is 0 Å². The Morgan fingerprint density at radius 1 is 1.39 bits per heavy atom. The van der Waals surface area contributed by atoms with Crippen LogP contribution in [-0.2, 0) is 16.6 Å². The minimum Gasteiger partial charge on any atom is -0.395 e. The molecule has 3 N–H and O–H groups in total. The maximum atomic E-state index is 12.3. The average molecular weight is 272 g/mol. The maximum Gasteiger partial charge on any atom is 0.243 e. The molecule has 0 saturated heterocycles. The van der Waals surface area contributed by atoms with E-state index in [1.807, 2.05) is 6.92 Å². The zero-order chi connectivity index (χ0) is 13.8. The Kier molecular flexibility index (Phi) is 5.28. The number of aliphatic hydroxyl groups is 1. The van der Waals surface area contributed by atoms with E-state index in [1.54, 1.807) is 25.1 Å². The zero-order valence-electron chi connectivity index (χ0n) is 10.8. The van der Waals surface area contributed by atoms with Crippen LogP contribution < -0.4 is 5.73 Å². The van der Waals surface area contributed by atoms with Crippen molar-refractivity contribution in [3.63, 3.8) is 0 Å². The van der Waals surface area contributed by atoms with Crippen LogP contribution in [0.1, 0.15) is 18.1 Å². The van der Waals surface area contributed by atoms with E-state index in [4.69, 9.17) is 10.8 Å². The number of benzene rings is 1. The summed E-state index contributed by atoms with van der Waals surface area (Å²) in [5, 5.41) is 8.89. The molecule has 0 heterocycles. The molecule has 5 nitrogen and oxygen atoms in total. The third kappa shape index (κ3) is 3.08. The van der Waals surface area contributed by atoms with Crippen molar-refractivity contribution in [3.05, 3.63) is 29.3 Å². The van der Waals surface area contributed by atoms with E-state index in [-0.39, 0.29) is 18.0 Å². The van der Waals surface area contributed by atoms with Crippen molar-refractivity contribution in [3.8, 4) is 0 Å². The molecule has 0 saturated carbocycles. The quantitative estimate of drug-likeness (QED) is 0.788. The molecule has 0 aromatic heterocycles. The molecule has 1 aromatic rings. The lowest BCUT2D eigenvalue weighted by molar-refractivity contribution is 0.257. The van der Waals surface area contributed by atoms with Crippen LogP contribution in [0.3, 0.4) is 0 Å². The largest absolute Gasteiger partial charge is 0.395 e. The summed E-state index contributed by atoms with van der Waals surface area (Å²) in [6, 6.07) is 4.91. The van der Waals surface area contributed by atoms with Crippen LogP contribution in [0.25, 0.3) is 0 Å². The fourth-order valence-electron chi connectivity index (χ4n) is 1.77. The fourth-order valence-corrected chi connectivity index (χ4v) is 3.29. The van der Waals surface area contributed by atoms with Gasteiger partial charge < -0.3 is 10.8 Å². The number of nitrogens with two attached hydrogens (primary N) is 1. The second kappa shape index (κ2) is 6.29. The lowest BCUT2D eigenvalue weighted by atomic mass is 10.1. The van der Waals surface area contributed by atoms with Crippen LogP contribution in [0, 0.1) is 6.92 Å². The van der Waals surface area contributed by atoms with Gasteiger partial charge in [-0.1, -0.05) is 13.0 Å². The lowest BCUT2D eigenvalue weighted by Gasteiger charge is -2.20. The van der Waals surface area contributed by atoms with Gasteiger partial charge in [0, 0.05) is 19.6 Å². The van der Waals surface area contributed by atoms with E-state index in [2.05, 4.69) is 0 Å². The first-order chi connectivity index (χ1) is 8.47. The van der Waals surface area contributed by atoms with Gasteiger partial charge in [0.05, 0.1) is 11.5 Å². The monoisotopic (exact) mass is 272 g/mol. The standard InChI is InChI=1S/C12H20N2O3S/c1-3-14(6-7-15)18(16,17)12-5-4-11(9-13)10(2)8-12/h4-5,8,15H,3,6-7,9,13H2,1-2H3. The summed E-state index contributed by atoms with van der Waals surface area (Å²) in [6.07, 6.45) is 0. The zero-order valence-corrected chi connectivity index (χ0v) is 11.6. The van der Waals surface area contributed by atoms with Crippen molar-refractivity contribution in [2.24, 2.45) is 5.73 Å². The molecular formula is C12H20N2O3S. The molecule has 0 aliphatic heterocycles. The number of aryl methyl sites for hydroxylation is 1. The van der Waals surface area contributed by atoms with Crippen molar-refractivity contribution in [2.75, 3.05) is 19.7 Å². The highest BCUT2D eigenvalue weighted by molar-refractivity contribution is 7.89. The summed E-state index contributed by atoms with van der Waals surface area (Å²) in [5.41, 5.74) is 7.34. The number of hydrogen-bond acceptors (Lipinski definition) is 4. The Hall–Kier alpha value is -0.950. The van der Waals surface area contributed by atoms with E-state index in [1.165, 1.54) is 4.31 Å². The molecule has 102 valence electrons. The van der Waals surface area contributed by atoms with E-state index in [9.17, 15) is 8.42 Å². The number of sulfonamides is 1. The van der Waals surface area contributed by atoms with Crippen LogP contribution >= 0.6 is 0 Å². The molecule has 0 unspecified atom stereocenters. The first-order valence-electron chi connectivity index (χ1n) is 5.88. The summed E-state index contributed by atoms with van der Waals surface area (Å²) in [6.45, 7) is 4.22. The number of nitrogens with zero attached hydrogens (tertiary/aromatic N) is 1. The molecule has 6 heteroatoms. The number of aliphatic hydroxyl groups excluding tert-OH is 1. The maximum absolute atomic E-state index is 12.3. The number of likely N-dealkylation sites (N-methyl/N-ethyl adjacent to an activating group) is 1. The highest BCUT2D eigenvalue weighted by Gasteiger charge is 2.22. The number of rotatable bonds is 6. The van der Waals surface area contributed by atoms with Gasteiger partial charge in [-0.05, 0) is 30.2 Å². The van der Waals surface area contributed by atoms with Crippen LogP contribution in [0.15, 0.2) is 23.1 Å². The molecule has 0 atom stereocenters. The molecule has 0 spiro atoms. The Morgan fingerprint density at radius 3 is 2.50 bits per heavy atom. The number of hydrogen-bond donors (Lipinski definition) is 2. The van der Waals surface area contributed by atoms with Gasteiger partial charge in [-0.3, -0.25) is 0 Å². The summed E-state index contributed by atoms with van der Waals surface area (Å²) >= 11 is 0. The van der Waals surface area contributed by atoms with Gasteiger partial charge in [-0.2, -0.15) is 4.31 Å². The van der Waals surface area contributed by atoms with E-state index < -0.39 is 10.0 Å². The molecule has 0 radical (unpaired) electrons. The molecule has 0 aliphatic rings. The van der Waals surface area contributed by atoms with Crippen molar-refractivity contribution < 1.29 is 13.5 Å². The van der Waals surface area contributed by atoms with Crippen molar-refractivity contribution in [1.29, 1.82) is 0 Å². The Balaban J connectivity index is 3.15. The predicted molar refractivity (Wildman–Crippen MR) is 70.6 cm³/mol. The highest BCUT2D eigenvalue weighted by Crippen LogP contribution is 2.19. The summed E-state index contributed by atoms with van der Waals surface area (Å²) in [7, 11) is -3.53. The van der Waals surface area contributed by atoms with Crippen LogP contribution in [0.5, 0.6) is 0 Å². The van der Waals surface area contributed by atoms with Gasteiger partial charge in [0.1, 0.15) is 0 Å². The first kappa shape index (κ1) is 15.1. The Labute approximate surface area is 108 Å². The topological polar surface area (TPSA) is 83.6 Å². The van der Waals surface area contributed by atoms with Gasteiger partial charge in [-0.15, -0.1) is 0 Å². The molecule has 1 rings (SSSR count). The second-order valence-electron chi connectivity index (χ2n) is 4.01.